The zero-order valence-corrected chi connectivity index (χ0v) is 20.0. The van der Waals surface area contributed by atoms with E-state index in [1.807, 2.05) is 31.2 Å². The highest BCUT2D eigenvalue weighted by Crippen LogP contribution is 2.29. The van der Waals surface area contributed by atoms with Gasteiger partial charge in [0.15, 0.2) is 0 Å². The van der Waals surface area contributed by atoms with Crippen LogP contribution in [0.25, 0.3) is 11.3 Å². The van der Waals surface area contributed by atoms with Gasteiger partial charge in [-0.05, 0) is 69.7 Å². The number of carbonyl (C=O) groups is 2. The standard InChI is InChI=1S/C27H30N2O5/c1-18-7-9-20(29-11-14-32-15-12-29)17-22(18)25(30)28-23-16-19(24-6-5-13-33-24)8-10-21(23)26(31)34-27(2,3)4/h5-10,13,16-17H,11-12,14-15H2,1-4H3,(H,28,30). The molecule has 2 heterocycles. The molecule has 4 rings (SSSR count). The number of anilines is 2. The first-order valence-corrected chi connectivity index (χ1v) is 11.4. The molecule has 1 N–H and O–H groups in total. The van der Waals surface area contributed by atoms with Gasteiger partial charge in [-0.2, -0.15) is 0 Å². The summed E-state index contributed by atoms with van der Waals surface area (Å²) in [7, 11) is 0. The van der Waals surface area contributed by atoms with E-state index < -0.39 is 11.6 Å². The maximum atomic E-state index is 13.4. The summed E-state index contributed by atoms with van der Waals surface area (Å²) < 4.78 is 16.5. The summed E-state index contributed by atoms with van der Waals surface area (Å²) in [5, 5.41) is 2.94. The number of nitrogens with one attached hydrogen (secondary N) is 1. The highest BCUT2D eigenvalue weighted by atomic mass is 16.6. The first-order valence-electron chi connectivity index (χ1n) is 11.4. The number of ether oxygens (including phenoxy) is 2. The molecule has 178 valence electrons. The Bertz CT molecular complexity index is 1170. The Hall–Kier alpha value is -3.58. The van der Waals surface area contributed by atoms with E-state index in [-0.39, 0.29) is 11.5 Å². The fourth-order valence-corrected chi connectivity index (χ4v) is 3.82. The predicted molar refractivity (Wildman–Crippen MR) is 131 cm³/mol. The van der Waals surface area contributed by atoms with Crippen LogP contribution in [0.2, 0.25) is 0 Å². The van der Waals surface area contributed by atoms with Crippen LogP contribution >= 0.6 is 0 Å². The molecule has 2 aromatic carbocycles. The quantitative estimate of drug-likeness (QED) is 0.518. The topological polar surface area (TPSA) is 81.0 Å². The van der Waals surface area contributed by atoms with E-state index in [1.165, 1.54) is 0 Å². The third-order valence-electron chi connectivity index (χ3n) is 5.53. The number of hydrogen-bond donors (Lipinski definition) is 1. The molecule has 7 nitrogen and oxygen atoms in total. The second kappa shape index (κ2) is 9.73. The average Bonchev–Trinajstić information content (AvgIpc) is 3.34. The van der Waals surface area contributed by atoms with Crippen molar-refractivity contribution < 1.29 is 23.5 Å². The van der Waals surface area contributed by atoms with Gasteiger partial charge in [0, 0.05) is 29.9 Å². The second-order valence-corrected chi connectivity index (χ2v) is 9.29. The van der Waals surface area contributed by atoms with Crippen LogP contribution in [-0.4, -0.2) is 43.8 Å². The van der Waals surface area contributed by atoms with Crippen molar-refractivity contribution in [3.63, 3.8) is 0 Å². The van der Waals surface area contributed by atoms with E-state index in [9.17, 15) is 9.59 Å². The molecule has 1 aliphatic heterocycles. The van der Waals surface area contributed by atoms with Crippen molar-refractivity contribution >= 4 is 23.3 Å². The fourth-order valence-electron chi connectivity index (χ4n) is 3.82. The molecule has 0 unspecified atom stereocenters. The van der Waals surface area contributed by atoms with Gasteiger partial charge >= 0.3 is 5.97 Å². The van der Waals surface area contributed by atoms with Crippen molar-refractivity contribution in [1.82, 2.24) is 0 Å². The summed E-state index contributed by atoms with van der Waals surface area (Å²) >= 11 is 0. The van der Waals surface area contributed by atoms with Crippen molar-refractivity contribution in [2.45, 2.75) is 33.3 Å². The largest absolute Gasteiger partial charge is 0.464 e. The van der Waals surface area contributed by atoms with E-state index in [2.05, 4.69) is 10.2 Å². The van der Waals surface area contributed by atoms with Gasteiger partial charge in [0.2, 0.25) is 0 Å². The molecule has 1 aliphatic rings. The van der Waals surface area contributed by atoms with Crippen LogP contribution in [0.3, 0.4) is 0 Å². The number of furan rings is 1. The summed E-state index contributed by atoms with van der Waals surface area (Å²) in [6.45, 7) is 10.2. The molecular formula is C27H30N2O5. The number of aryl methyl sites for hydroxylation is 1. The molecule has 0 spiro atoms. The Morgan fingerprint density at radius 2 is 1.76 bits per heavy atom. The number of nitrogens with zero attached hydrogens (tertiary/aromatic N) is 1. The first-order chi connectivity index (χ1) is 16.2. The molecule has 1 saturated heterocycles. The maximum Gasteiger partial charge on any atom is 0.340 e. The molecule has 7 heteroatoms. The van der Waals surface area contributed by atoms with Crippen LogP contribution in [-0.2, 0) is 9.47 Å². The van der Waals surface area contributed by atoms with Gasteiger partial charge in [-0.1, -0.05) is 12.1 Å². The Morgan fingerprint density at radius 3 is 2.44 bits per heavy atom. The van der Waals surface area contributed by atoms with Crippen LogP contribution in [0.1, 0.15) is 47.1 Å². The average molecular weight is 463 g/mol. The smallest absolute Gasteiger partial charge is 0.340 e. The minimum absolute atomic E-state index is 0.278. The minimum Gasteiger partial charge on any atom is -0.464 e. The number of morpholine rings is 1. The first kappa shape index (κ1) is 23.6. The monoisotopic (exact) mass is 462 g/mol. The minimum atomic E-state index is -0.666. The number of amides is 1. The Balaban J connectivity index is 1.67. The van der Waals surface area contributed by atoms with Crippen LogP contribution < -0.4 is 10.2 Å². The molecule has 3 aromatic rings. The molecular weight excluding hydrogens is 432 g/mol. The van der Waals surface area contributed by atoms with Crippen molar-refractivity contribution in [1.29, 1.82) is 0 Å². The third-order valence-corrected chi connectivity index (χ3v) is 5.53. The van der Waals surface area contributed by atoms with Crippen LogP contribution in [0.4, 0.5) is 11.4 Å². The number of esters is 1. The second-order valence-electron chi connectivity index (χ2n) is 9.29. The summed E-state index contributed by atoms with van der Waals surface area (Å²) in [6.07, 6.45) is 1.58. The van der Waals surface area contributed by atoms with Gasteiger partial charge in [-0.25, -0.2) is 4.79 Å². The zero-order valence-electron chi connectivity index (χ0n) is 20.0. The summed E-state index contributed by atoms with van der Waals surface area (Å²) in [5.41, 5.74) is 3.08. The summed E-state index contributed by atoms with van der Waals surface area (Å²) in [5.74, 6) is -0.168. The van der Waals surface area contributed by atoms with Gasteiger partial charge in [0.1, 0.15) is 11.4 Å². The molecule has 1 amide bonds. The Morgan fingerprint density at radius 1 is 1.00 bits per heavy atom. The van der Waals surface area contributed by atoms with Gasteiger partial charge in [0.25, 0.3) is 5.91 Å². The number of benzene rings is 2. The summed E-state index contributed by atoms with van der Waals surface area (Å²) in [4.78, 5) is 28.5. The lowest BCUT2D eigenvalue weighted by Gasteiger charge is -2.29. The fraction of sp³-hybridized carbons (Fsp3) is 0.333. The Kier molecular flexibility index (Phi) is 6.75. The highest BCUT2D eigenvalue weighted by molar-refractivity contribution is 6.09. The third kappa shape index (κ3) is 5.48. The lowest BCUT2D eigenvalue weighted by molar-refractivity contribution is 0.00707. The van der Waals surface area contributed by atoms with Crippen molar-refractivity contribution in [2.24, 2.45) is 0 Å². The van der Waals surface area contributed by atoms with E-state index in [1.54, 1.807) is 51.3 Å². The van der Waals surface area contributed by atoms with Gasteiger partial charge in [-0.15, -0.1) is 0 Å². The predicted octanol–water partition coefficient (Wildman–Crippen LogP) is 5.30. The molecule has 0 saturated carbocycles. The van der Waals surface area contributed by atoms with Crippen molar-refractivity contribution in [3.8, 4) is 11.3 Å². The van der Waals surface area contributed by atoms with E-state index in [0.717, 1.165) is 29.9 Å². The molecule has 0 bridgehead atoms. The van der Waals surface area contributed by atoms with Crippen LogP contribution in [0.5, 0.6) is 0 Å². The van der Waals surface area contributed by atoms with Gasteiger partial charge in [0.05, 0.1) is 30.7 Å². The molecule has 34 heavy (non-hydrogen) atoms. The lowest BCUT2D eigenvalue weighted by Crippen LogP contribution is -2.36. The SMILES string of the molecule is Cc1ccc(N2CCOCC2)cc1C(=O)Nc1cc(-c2ccco2)ccc1C(=O)OC(C)(C)C. The molecule has 0 radical (unpaired) electrons. The molecule has 1 aromatic heterocycles. The van der Waals surface area contributed by atoms with Crippen LogP contribution in [0.15, 0.2) is 59.2 Å². The number of hydrogen-bond acceptors (Lipinski definition) is 6. The van der Waals surface area contributed by atoms with Gasteiger partial charge < -0.3 is 24.1 Å². The maximum absolute atomic E-state index is 13.4. The lowest BCUT2D eigenvalue weighted by atomic mass is 10.0. The molecule has 0 atom stereocenters. The van der Waals surface area contributed by atoms with Crippen LogP contribution in [0, 0.1) is 6.92 Å². The highest BCUT2D eigenvalue weighted by Gasteiger charge is 2.23. The summed E-state index contributed by atoms with van der Waals surface area (Å²) in [6, 6.07) is 14.6. The number of rotatable bonds is 5. The van der Waals surface area contributed by atoms with E-state index in [4.69, 9.17) is 13.9 Å². The number of carbonyl (C=O) groups excluding carboxylic acids is 2. The van der Waals surface area contributed by atoms with Crippen molar-refractivity contribution in [2.75, 3.05) is 36.5 Å². The zero-order chi connectivity index (χ0) is 24.3. The normalized spacial score (nSPS) is 14.1. The van der Waals surface area contributed by atoms with Gasteiger partial charge in [-0.3, -0.25) is 4.79 Å². The Labute approximate surface area is 199 Å². The van der Waals surface area contributed by atoms with Crippen molar-refractivity contribution in [3.05, 3.63) is 71.5 Å². The molecule has 0 aliphatic carbocycles. The molecule has 1 fully saturated rings. The van der Waals surface area contributed by atoms with E-state index >= 15 is 0 Å². The van der Waals surface area contributed by atoms with E-state index in [0.29, 0.717) is 30.2 Å².